The molecule has 0 spiro atoms. The fourth-order valence-corrected chi connectivity index (χ4v) is 4.12. The number of carboxylic acids is 1. The fraction of sp³-hybridized carbons (Fsp3) is 0.739. The molecular formula is C23H40N4O5S. The molecular weight excluding hydrogens is 444 g/mol. The minimum Gasteiger partial charge on any atom is -0.476 e. The predicted molar refractivity (Wildman–Crippen MR) is 129 cm³/mol. The van der Waals surface area contributed by atoms with Crippen LogP contribution in [0.15, 0.2) is 5.38 Å². The van der Waals surface area contributed by atoms with Crippen LogP contribution in [0.5, 0.6) is 0 Å². The molecule has 0 radical (unpaired) electrons. The molecule has 188 valence electrons. The molecule has 0 bridgehead atoms. The van der Waals surface area contributed by atoms with Crippen molar-refractivity contribution in [3.63, 3.8) is 0 Å². The second-order valence-corrected chi connectivity index (χ2v) is 10.6. The van der Waals surface area contributed by atoms with Crippen LogP contribution in [0.25, 0.3) is 0 Å². The third-order valence-electron chi connectivity index (χ3n) is 6.53. The second kappa shape index (κ2) is 11.9. The van der Waals surface area contributed by atoms with E-state index in [9.17, 15) is 19.5 Å². The van der Waals surface area contributed by atoms with E-state index in [1.807, 2.05) is 41.8 Å². The highest BCUT2D eigenvalue weighted by Gasteiger charge is 2.37. The summed E-state index contributed by atoms with van der Waals surface area (Å²) in [5.41, 5.74) is -0.894. The van der Waals surface area contributed by atoms with Crippen molar-refractivity contribution in [2.24, 2.45) is 11.8 Å². The zero-order valence-electron chi connectivity index (χ0n) is 21.2. The van der Waals surface area contributed by atoms with E-state index in [0.29, 0.717) is 5.01 Å². The number of hydrogen-bond acceptors (Lipinski definition) is 7. The van der Waals surface area contributed by atoms with Gasteiger partial charge >= 0.3 is 5.97 Å². The van der Waals surface area contributed by atoms with Gasteiger partial charge in [0.1, 0.15) is 17.2 Å². The van der Waals surface area contributed by atoms with Crippen LogP contribution in [-0.2, 0) is 9.59 Å². The number of aromatic carboxylic acids is 1. The van der Waals surface area contributed by atoms with Crippen molar-refractivity contribution in [2.75, 3.05) is 21.1 Å². The average molecular weight is 485 g/mol. The Labute approximate surface area is 201 Å². The first-order chi connectivity index (χ1) is 15.1. The lowest BCUT2D eigenvalue weighted by atomic mass is 9.91. The molecule has 2 amide bonds. The number of amides is 2. The molecule has 9 nitrogen and oxygen atoms in total. The molecule has 10 heteroatoms. The smallest absolute Gasteiger partial charge is 0.355 e. The molecule has 0 saturated heterocycles. The maximum Gasteiger partial charge on any atom is 0.355 e. The number of thiazole rings is 1. The summed E-state index contributed by atoms with van der Waals surface area (Å²) in [4.78, 5) is 45.0. The number of carboxylic acid groups (broad SMARTS) is 1. The van der Waals surface area contributed by atoms with Gasteiger partial charge in [-0.25, -0.2) is 9.78 Å². The summed E-state index contributed by atoms with van der Waals surface area (Å²) in [7, 11) is 5.31. The first-order valence-electron chi connectivity index (χ1n) is 11.3. The molecule has 0 aliphatic heterocycles. The second-order valence-electron chi connectivity index (χ2n) is 9.68. The van der Waals surface area contributed by atoms with E-state index in [1.54, 1.807) is 30.7 Å². The van der Waals surface area contributed by atoms with Gasteiger partial charge < -0.3 is 20.4 Å². The number of carbonyl (C=O) groups excluding carboxylic acids is 2. The Bertz CT molecular complexity index is 824. The van der Waals surface area contributed by atoms with Crippen LogP contribution in [0.4, 0.5) is 0 Å². The highest BCUT2D eigenvalue weighted by atomic mass is 32.1. The zero-order chi connectivity index (χ0) is 25.7. The number of aliphatic hydroxyl groups excluding tert-OH is 1. The Balaban J connectivity index is 3.11. The van der Waals surface area contributed by atoms with Crippen molar-refractivity contribution in [3.05, 3.63) is 16.1 Å². The van der Waals surface area contributed by atoms with Crippen molar-refractivity contribution in [1.29, 1.82) is 0 Å². The Kier molecular flexibility index (Phi) is 10.5. The first-order valence-corrected chi connectivity index (χ1v) is 12.1. The van der Waals surface area contributed by atoms with Crippen LogP contribution in [0.2, 0.25) is 0 Å². The maximum absolute atomic E-state index is 13.5. The standard InChI is InChI=1S/C23H40N4O5S/c1-10-14(4)16(11-17(28)19-24-15(12-33-19)21(30)31)27(9)20(29)18(13(2)3)25-22(32)23(5,6)26(7)8/h12-14,16-18,28H,10-11H2,1-9H3,(H,25,32)(H,30,31)/t14?,16-,17-,18+/m1/s1. The van der Waals surface area contributed by atoms with Gasteiger partial charge in [-0.05, 0) is 39.8 Å². The van der Waals surface area contributed by atoms with Gasteiger partial charge in [0.25, 0.3) is 0 Å². The van der Waals surface area contributed by atoms with Crippen molar-refractivity contribution in [3.8, 4) is 0 Å². The maximum atomic E-state index is 13.5. The molecule has 0 aromatic carbocycles. The number of likely N-dealkylation sites (N-methyl/N-ethyl adjacent to an activating group) is 2. The molecule has 3 N–H and O–H groups in total. The SMILES string of the molecule is CCC(C)[C@@H](C[C@@H](O)c1nc(C(=O)O)cs1)N(C)C(=O)[C@@H](NC(=O)C(C)(C)N(C)C)C(C)C. The van der Waals surface area contributed by atoms with Crippen molar-refractivity contribution in [1.82, 2.24) is 20.1 Å². The van der Waals surface area contributed by atoms with Gasteiger partial charge in [-0.15, -0.1) is 11.3 Å². The summed E-state index contributed by atoms with van der Waals surface area (Å²) in [5, 5.41) is 24.5. The molecule has 1 unspecified atom stereocenters. The number of nitrogens with zero attached hydrogens (tertiary/aromatic N) is 3. The number of aromatic nitrogens is 1. The Morgan fingerprint density at radius 1 is 1.18 bits per heavy atom. The molecule has 4 atom stereocenters. The largest absolute Gasteiger partial charge is 0.476 e. The lowest BCUT2D eigenvalue weighted by Crippen LogP contribution is -2.59. The van der Waals surface area contributed by atoms with Gasteiger partial charge in [0, 0.05) is 24.9 Å². The van der Waals surface area contributed by atoms with Crippen LogP contribution in [0, 0.1) is 11.8 Å². The van der Waals surface area contributed by atoms with E-state index in [1.165, 1.54) is 5.38 Å². The van der Waals surface area contributed by atoms with Gasteiger partial charge in [0.2, 0.25) is 11.8 Å². The average Bonchev–Trinajstić information content (AvgIpc) is 3.24. The topological polar surface area (TPSA) is 123 Å². The van der Waals surface area contributed by atoms with E-state index < -0.39 is 23.7 Å². The number of rotatable bonds is 12. The minimum absolute atomic E-state index is 0.0641. The van der Waals surface area contributed by atoms with E-state index in [2.05, 4.69) is 10.3 Å². The molecule has 0 aliphatic rings. The quantitative estimate of drug-likeness (QED) is 0.417. The van der Waals surface area contributed by atoms with E-state index in [4.69, 9.17) is 5.11 Å². The lowest BCUT2D eigenvalue weighted by molar-refractivity contribution is -0.142. The highest BCUT2D eigenvalue weighted by Crippen LogP contribution is 2.28. The molecule has 0 aliphatic carbocycles. The molecule has 1 rings (SSSR count). The van der Waals surface area contributed by atoms with Crippen molar-refractivity contribution < 1.29 is 24.6 Å². The Hall–Kier alpha value is -2.04. The number of hydrogen-bond donors (Lipinski definition) is 3. The highest BCUT2D eigenvalue weighted by molar-refractivity contribution is 7.09. The van der Waals surface area contributed by atoms with Gasteiger partial charge in [-0.1, -0.05) is 34.1 Å². The summed E-state index contributed by atoms with van der Waals surface area (Å²) in [6, 6.07) is -1.04. The third kappa shape index (κ3) is 7.22. The van der Waals surface area contributed by atoms with Crippen LogP contribution in [-0.4, -0.2) is 81.5 Å². The van der Waals surface area contributed by atoms with Crippen molar-refractivity contribution >= 4 is 29.1 Å². The van der Waals surface area contributed by atoms with E-state index >= 15 is 0 Å². The van der Waals surface area contributed by atoms with Gasteiger partial charge in [0.05, 0.1) is 5.54 Å². The van der Waals surface area contributed by atoms with Crippen LogP contribution < -0.4 is 5.32 Å². The lowest BCUT2D eigenvalue weighted by Gasteiger charge is -2.38. The predicted octanol–water partition coefficient (Wildman–Crippen LogP) is 2.62. The number of nitrogens with one attached hydrogen (secondary N) is 1. The fourth-order valence-electron chi connectivity index (χ4n) is 3.33. The molecule has 1 aromatic heterocycles. The molecule has 1 aromatic rings. The van der Waals surface area contributed by atoms with Gasteiger partial charge in [-0.2, -0.15) is 0 Å². The summed E-state index contributed by atoms with van der Waals surface area (Å²) >= 11 is 1.09. The normalized spacial score (nSPS) is 15.8. The Morgan fingerprint density at radius 3 is 2.18 bits per heavy atom. The summed E-state index contributed by atoms with van der Waals surface area (Å²) in [6.07, 6.45) is -0.0112. The number of carbonyl (C=O) groups is 3. The first kappa shape index (κ1) is 29.0. The summed E-state index contributed by atoms with van der Waals surface area (Å²) in [6.45, 7) is 11.4. The van der Waals surface area contributed by atoms with Crippen LogP contribution in [0.3, 0.4) is 0 Å². The molecule has 1 heterocycles. The third-order valence-corrected chi connectivity index (χ3v) is 7.48. The van der Waals surface area contributed by atoms with E-state index in [-0.39, 0.29) is 41.8 Å². The summed E-state index contributed by atoms with van der Waals surface area (Å²) in [5.74, 6) is -1.69. The van der Waals surface area contributed by atoms with Crippen molar-refractivity contribution in [2.45, 2.75) is 78.1 Å². The summed E-state index contributed by atoms with van der Waals surface area (Å²) < 4.78 is 0. The molecule has 0 saturated carbocycles. The monoisotopic (exact) mass is 484 g/mol. The molecule has 33 heavy (non-hydrogen) atoms. The van der Waals surface area contributed by atoms with Crippen LogP contribution >= 0.6 is 11.3 Å². The Morgan fingerprint density at radius 2 is 1.76 bits per heavy atom. The minimum atomic E-state index is -1.15. The van der Waals surface area contributed by atoms with Gasteiger partial charge in [-0.3, -0.25) is 14.5 Å². The zero-order valence-corrected chi connectivity index (χ0v) is 22.1. The van der Waals surface area contributed by atoms with E-state index in [0.717, 1.165) is 17.8 Å². The molecule has 0 fully saturated rings. The van der Waals surface area contributed by atoms with Gasteiger partial charge in [0.15, 0.2) is 5.69 Å². The van der Waals surface area contributed by atoms with Crippen LogP contribution in [0.1, 0.15) is 76.0 Å². The number of aliphatic hydroxyl groups is 1.